The number of halogens is 3. The lowest BCUT2D eigenvalue weighted by molar-refractivity contribution is -0.131. The highest BCUT2D eigenvalue weighted by molar-refractivity contribution is 5.85. The molecule has 0 heterocycles. The van der Waals surface area contributed by atoms with Crippen molar-refractivity contribution in [1.29, 1.82) is 0 Å². The zero-order valence-corrected chi connectivity index (χ0v) is 15.5. The van der Waals surface area contributed by atoms with Crippen LogP contribution in [-0.4, -0.2) is 18.4 Å². The second-order valence-corrected chi connectivity index (χ2v) is 8.77. The van der Waals surface area contributed by atoms with Crippen molar-refractivity contribution in [2.45, 2.75) is 44.9 Å². The summed E-state index contributed by atoms with van der Waals surface area (Å²) >= 11 is 0. The smallest absolute Gasteiger partial charge is 0.257 e. The summed E-state index contributed by atoms with van der Waals surface area (Å²) in [6.45, 7) is -0.274. The quantitative estimate of drug-likeness (QED) is 0.512. The number of carbonyl (C=O) groups is 2. The van der Waals surface area contributed by atoms with Crippen LogP contribution >= 0.6 is 0 Å². The van der Waals surface area contributed by atoms with Crippen LogP contribution in [0.15, 0.2) is 12.1 Å². The van der Waals surface area contributed by atoms with Gasteiger partial charge in [-0.3, -0.25) is 20.4 Å². The molecule has 4 bridgehead atoms. The van der Waals surface area contributed by atoms with Gasteiger partial charge in [-0.25, -0.2) is 13.2 Å². The lowest BCUT2D eigenvalue weighted by atomic mass is 9.49. The fourth-order valence-corrected chi connectivity index (χ4v) is 5.89. The molecule has 8 heteroatoms. The topological polar surface area (TPSA) is 70.2 Å². The molecular weight excluding hydrogens is 371 g/mol. The van der Waals surface area contributed by atoms with Gasteiger partial charge in [-0.05, 0) is 73.8 Å². The van der Waals surface area contributed by atoms with E-state index < -0.39 is 29.0 Å². The fraction of sp³-hybridized carbons (Fsp3) is 0.600. The summed E-state index contributed by atoms with van der Waals surface area (Å²) in [4.78, 5) is 24.2. The maximum absolute atomic E-state index is 13.5. The molecule has 5 rings (SSSR count). The van der Waals surface area contributed by atoms with E-state index in [-0.39, 0.29) is 17.9 Å². The van der Waals surface area contributed by atoms with Crippen molar-refractivity contribution in [3.63, 3.8) is 0 Å². The summed E-state index contributed by atoms with van der Waals surface area (Å²) in [6.07, 6.45) is 7.66. The highest BCUT2D eigenvalue weighted by Crippen LogP contribution is 2.61. The standard InChI is InChI=1S/C20H24F3N3O2/c21-14-1-2-15(19(23)18(14)22)25-26-17(28)10-24-16(27)9-20-6-11-3-12(7-20)5-13(4-11)8-20/h1-2,11-13,25H,3-10H2,(H,24,27)(H,26,28). The van der Waals surface area contributed by atoms with E-state index in [4.69, 9.17) is 0 Å². The molecule has 0 aliphatic heterocycles. The highest BCUT2D eigenvalue weighted by atomic mass is 19.2. The molecule has 152 valence electrons. The van der Waals surface area contributed by atoms with E-state index in [0.29, 0.717) is 6.42 Å². The average molecular weight is 395 g/mol. The Hall–Kier alpha value is -2.25. The number of hydrogen-bond donors (Lipinski definition) is 3. The lowest BCUT2D eigenvalue weighted by Crippen LogP contribution is -2.48. The predicted octanol–water partition coefficient (Wildman–Crippen LogP) is 3.27. The Morgan fingerprint density at radius 1 is 0.929 bits per heavy atom. The number of hydrogen-bond acceptors (Lipinski definition) is 3. The zero-order chi connectivity index (χ0) is 19.9. The molecule has 0 radical (unpaired) electrons. The van der Waals surface area contributed by atoms with Gasteiger partial charge in [-0.15, -0.1) is 0 Å². The Labute approximate surface area is 161 Å². The van der Waals surface area contributed by atoms with Crippen LogP contribution in [0.25, 0.3) is 0 Å². The predicted molar refractivity (Wildman–Crippen MR) is 96.3 cm³/mol. The Balaban J connectivity index is 1.24. The van der Waals surface area contributed by atoms with Crippen molar-refractivity contribution in [3.05, 3.63) is 29.6 Å². The van der Waals surface area contributed by atoms with E-state index in [0.717, 1.165) is 49.1 Å². The van der Waals surface area contributed by atoms with Crippen molar-refractivity contribution in [2.75, 3.05) is 12.0 Å². The van der Waals surface area contributed by atoms with Crippen LogP contribution in [0.3, 0.4) is 0 Å². The number of nitrogens with one attached hydrogen (secondary N) is 3. The molecule has 4 saturated carbocycles. The molecule has 4 fully saturated rings. The van der Waals surface area contributed by atoms with E-state index >= 15 is 0 Å². The van der Waals surface area contributed by atoms with E-state index in [1.807, 2.05) is 0 Å². The minimum Gasteiger partial charge on any atom is -0.347 e. The Morgan fingerprint density at radius 3 is 2.14 bits per heavy atom. The average Bonchev–Trinajstić information content (AvgIpc) is 2.62. The van der Waals surface area contributed by atoms with Crippen LogP contribution in [0.2, 0.25) is 0 Å². The normalized spacial score (nSPS) is 30.2. The number of amides is 2. The summed E-state index contributed by atoms with van der Waals surface area (Å²) in [7, 11) is 0. The van der Waals surface area contributed by atoms with Crippen LogP contribution in [0.1, 0.15) is 44.9 Å². The monoisotopic (exact) mass is 395 g/mol. The maximum atomic E-state index is 13.5. The largest absolute Gasteiger partial charge is 0.347 e. The molecule has 1 aromatic rings. The van der Waals surface area contributed by atoms with Crippen LogP contribution < -0.4 is 16.2 Å². The molecule has 2 amide bonds. The molecule has 1 aromatic carbocycles. The third-order valence-corrected chi connectivity index (χ3v) is 6.52. The molecule has 0 spiro atoms. The number of hydrazine groups is 1. The van der Waals surface area contributed by atoms with Gasteiger partial charge in [-0.2, -0.15) is 0 Å². The molecular formula is C20H24F3N3O2. The van der Waals surface area contributed by atoms with Gasteiger partial charge in [0.25, 0.3) is 5.91 Å². The van der Waals surface area contributed by atoms with Crippen molar-refractivity contribution >= 4 is 17.5 Å². The number of rotatable bonds is 6. The van der Waals surface area contributed by atoms with E-state index in [9.17, 15) is 22.8 Å². The second kappa shape index (κ2) is 7.29. The minimum atomic E-state index is -1.62. The zero-order valence-electron chi connectivity index (χ0n) is 15.5. The number of anilines is 1. The summed E-state index contributed by atoms with van der Waals surface area (Å²) in [5, 5.41) is 2.61. The molecule has 4 aliphatic rings. The van der Waals surface area contributed by atoms with Crippen molar-refractivity contribution < 1.29 is 22.8 Å². The van der Waals surface area contributed by atoms with E-state index in [1.54, 1.807) is 0 Å². The summed E-state index contributed by atoms with van der Waals surface area (Å²) in [5.41, 5.74) is 4.06. The summed E-state index contributed by atoms with van der Waals surface area (Å²) < 4.78 is 39.6. The molecule has 28 heavy (non-hydrogen) atoms. The van der Waals surface area contributed by atoms with Crippen LogP contribution in [-0.2, 0) is 9.59 Å². The first-order valence-corrected chi connectivity index (χ1v) is 9.78. The molecule has 0 unspecified atom stereocenters. The van der Waals surface area contributed by atoms with Gasteiger partial charge in [0.05, 0.1) is 12.2 Å². The van der Waals surface area contributed by atoms with Crippen molar-refractivity contribution in [3.8, 4) is 0 Å². The minimum absolute atomic E-state index is 0.0856. The van der Waals surface area contributed by atoms with Gasteiger partial charge in [0.1, 0.15) is 0 Å². The van der Waals surface area contributed by atoms with Gasteiger partial charge in [0.2, 0.25) is 5.91 Å². The molecule has 0 aromatic heterocycles. The highest BCUT2D eigenvalue weighted by Gasteiger charge is 2.51. The van der Waals surface area contributed by atoms with Gasteiger partial charge in [0, 0.05) is 6.42 Å². The van der Waals surface area contributed by atoms with Crippen LogP contribution in [0.4, 0.5) is 18.9 Å². The van der Waals surface area contributed by atoms with Crippen LogP contribution in [0, 0.1) is 40.6 Å². The van der Waals surface area contributed by atoms with Gasteiger partial charge < -0.3 is 5.32 Å². The fourth-order valence-electron chi connectivity index (χ4n) is 5.89. The number of carbonyl (C=O) groups excluding carboxylic acids is 2. The van der Waals surface area contributed by atoms with Crippen molar-refractivity contribution in [2.24, 2.45) is 23.2 Å². The first kappa shape index (κ1) is 19.1. The first-order chi connectivity index (χ1) is 13.3. The van der Waals surface area contributed by atoms with Crippen LogP contribution in [0.5, 0.6) is 0 Å². The third kappa shape index (κ3) is 3.82. The first-order valence-electron chi connectivity index (χ1n) is 9.78. The summed E-state index contributed by atoms with van der Waals surface area (Å²) in [5.74, 6) is -2.88. The third-order valence-electron chi connectivity index (χ3n) is 6.52. The molecule has 0 saturated heterocycles. The van der Waals surface area contributed by atoms with E-state index in [2.05, 4.69) is 16.2 Å². The molecule has 4 aliphatic carbocycles. The van der Waals surface area contributed by atoms with Gasteiger partial charge >= 0.3 is 0 Å². The summed E-state index contributed by atoms with van der Waals surface area (Å²) in [6, 6.07) is 1.72. The van der Waals surface area contributed by atoms with Crippen molar-refractivity contribution in [1.82, 2.24) is 10.7 Å². The second-order valence-electron chi connectivity index (χ2n) is 8.77. The number of benzene rings is 1. The van der Waals surface area contributed by atoms with Gasteiger partial charge in [0.15, 0.2) is 17.5 Å². The van der Waals surface area contributed by atoms with Gasteiger partial charge in [-0.1, -0.05) is 0 Å². The molecule has 5 nitrogen and oxygen atoms in total. The Kier molecular flexibility index (Phi) is 4.97. The molecule has 3 N–H and O–H groups in total. The Morgan fingerprint density at radius 2 is 1.54 bits per heavy atom. The Bertz CT molecular complexity index is 764. The molecule has 0 atom stereocenters. The van der Waals surface area contributed by atoms with E-state index in [1.165, 1.54) is 19.3 Å². The SMILES string of the molecule is O=C(CC12CC3CC(CC(C3)C1)C2)NCC(=O)NNc1ccc(F)c(F)c1F. The lowest BCUT2D eigenvalue weighted by Gasteiger charge is -2.56. The maximum Gasteiger partial charge on any atom is 0.257 e.